The molecule has 0 saturated carbocycles. The van der Waals surface area contributed by atoms with Gasteiger partial charge >= 0.3 is 0 Å². The zero-order valence-corrected chi connectivity index (χ0v) is 18.2. The van der Waals surface area contributed by atoms with Crippen LogP contribution < -0.4 is 5.32 Å². The first-order valence-electron chi connectivity index (χ1n) is 9.99. The molecule has 0 aliphatic rings. The van der Waals surface area contributed by atoms with Crippen molar-refractivity contribution in [2.45, 2.75) is 12.8 Å². The fraction of sp³-hybridized carbons (Fsp3) is 0.167. The van der Waals surface area contributed by atoms with Gasteiger partial charge in [-0.05, 0) is 23.8 Å². The van der Waals surface area contributed by atoms with Crippen molar-refractivity contribution in [3.63, 3.8) is 0 Å². The average Bonchev–Trinajstić information content (AvgIpc) is 3.44. The zero-order chi connectivity index (χ0) is 22.5. The standard InChI is InChI=1S/C24H20N4O3S/c1-28(12-4-11-25)23(30)17-9-7-16(8-10-17)13-18-14-26-24(32-18)27-22(29)20-15-31-21-6-3-2-5-19(20)21/h2-3,5-10,14-15H,4,12-13H2,1H3,(H,26,27,29). The molecule has 0 saturated heterocycles. The van der Waals surface area contributed by atoms with E-state index >= 15 is 0 Å². The Hall–Kier alpha value is -3.96. The van der Waals surface area contributed by atoms with Crippen LogP contribution in [0.2, 0.25) is 0 Å². The van der Waals surface area contributed by atoms with Crippen LogP contribution in [0.5, 0.6) is 0 Å². The van der Waals surface area contributed by atoms with Crippen LogP contribution >= 0.6 is 11.3 Å². The van der Waals surface area contributed by atoms with E-state index in [2.05, 4.69) is 10.3 Å². The summed E-state index contributed by atoms with van der Waals surface area (Å²) in [7, 11) is 1.69. The number of anilines is 1. The SMILES string of the molecule is CN(CCC#N)C(=O)c1ccc(Cc2cnc(NC(=O)c3coc4ccccc34)s2)cc1. The molecule has 0 radical (unpaired) electrons. The summed E-state index contributed by atoms with van der Waals surface area (Å²) in [4.78, 5) is 31.8. The molecule has 0 bridgehead atoms. The Morgan fingerprint density at radius 2 is 1.97 bits per heavy atom. The van der Waals surface area contributed by atoms with E-state index in [1.165, 1.54) is 17.6 Å². The lowest BCUT2D eigenvalue weighted by Crippen LogP contribution is -2.27. The fourth-order valence-corrected chi connectivity index (χ4v) is 4.11. The van der Waals surface area contributed by atoms with Crippen LogP contribution in [-0.4, -0.2) is 35.3 Å². The van der Waals surface area contributed by atoms with Crippen LogP contribution in [0.15, 0.2) is 65.4 Å². The molecule has 0 aliphatic heterocycles. The van der Waals surface area contributed by atoms with Crippen LogP contribution in [-0.2, 0) is 6.42 Å². The van der Waals surface area contributed by atoms with Crippen molar-refractivity contribution in [1.82, 2.24) is 9.88 Å². The number of aromatic nitrogens is 1. The third-order valence-electron chi connectivity index (χ3n) is 4.98. The summed E-state index contributed by atoms with van der Waals surface area (Å²) in [5.74, 6) is -0.374. The van der Waals surface area contributed by atoms with Crippen molar-refractivity contribution in [1.29, 1.82) is 5.26 Å². The molecular weight excluding hydrogens is 424 g/mol. The lowest BCUT2D eigenvalue weighted by atomic mass is 10.1. The molecule has 2 aromatic heterocycles. The maximum atomic E-state index is 12.6. The topological polar surface area (TPSA) is 99.2 Å². The molecule has 7 nitrogen and oxygen atoms in total. The number of amides is 2. The number of fused-ring (bicyclic) bond motifs is 1. The predicted molar refractivity (Wildman–Crippen MR) is 123 cm³/mol. The van der Waals surface area contributed by atoms with Crippen molar-refractivity contribution in [3.8, 4) is 6.07 Å². The van der Waals surface area contributed by atoms with E-state index in [1.54, 1.807) is 30.3 Å². The van der Waals surface area contributed by atoms with Crippen molar-refractivity contribution in [2.75, 3.05) is 18.9 Å². The highest BCUT2D eigenvalue weighted by atomic mass is 32.1. The molecule has 2 heterocycles. The van der Waals surface area contributed by atoms with Crippen molar-refractivity contribution < 1.29 is 14.0 Å². The second kappa shape index (κ2) is 9.45. The molecular formula is C24H20N4O3S. The molecule has 2 aromatic carbocycles. The molecule has 2 amide bonds. The Kier molecular flexibility index (Phi) is 6.29. The second-order valence-electron chi connectivity index (χ2n) is 7.24. The number of hydrogen-bond acceptors (Lipinski definition) is 6. The summed E-state index contributed by atoms with van der Waals surface area (Å²) in [6, 6.07) is 16.8. The first-order valence-corrected chi connectivity index (χ1v) is 10.8. The van der Waals surface area contributed by atoms with Gasteiger partial charge in [-0.25, -0.2) is 4.98 Å². The largest absolute Gasteiger partial charge is 0.463 e. The van der Waals surface area contributed by atoms with Crippen LogP contribution in [0.25, 0.3) is 11.0 Å². The van der Waals surface area contributed by atoms with Gasteiger partial charge in [0, 0.05) is 42.0 Å². The van der Waals surface area contributed by atoms with E-state index in [4.69, 9.17) is 9.68 Å². The number of nitrogens with zero attached hydrogens (tertiary/aromatic N) is 3. The highest BCUT2D eigenvalue weighted by molar-refractivity contribution is 7.15. The Morgan fingerprint density at radius 3 is 2.75 bits per heavy atom. The minimum Gasteiger partial charge on any atom is -0.463 e. The highest BCUT2D eigenvalue weighted by Gasteiger charge is 2.15. The van der Waals surface area contributed by atoms with Gasteiger partial charge in [0.2, 0.25) is 0 Å². The Bertz CT molecular complexity index is 1300. The molecule has 1 N–H and O–H groups in total. The fourth-order valence-electron chi connectivity index (χ4n) is 3.27. The van der Waals surface area contributed by atoms with Crippen molar-refractivity contribution >= 4 is 39.3 Å². The molecule has 0 fully saturated rings. The zero-order valence-electron chi connectivity index (χ0n) is 17.4. The number of nitriles is 1. The molecule has 0 atom stereocenters. The number of thiazole rings is 1. The van der Waals surface area contributed by atoms with Crippen molar-refractivity contribution in [2.24, 2.45) is 0 Å². The third kappa shape index (κ3) is 4.68. The van der Waals surface area contributed by atoms with Crippen LogP contribution in [0, 0.1) is 11.3 Å². The van der Waals surface area contributed by atoms with E-state index < -0.39 is 0 Å². The smallest absolute Gasteiger partial charge is 0.261 e. The number of hydrogen-bond donors (Lipinski definition) is 1. The van der Waals surface area contributed by atoms with E-state index in [9.17, 15) is 9.59 Å². The summed E-state index contributed by atoms with van der Waals surface area (Å²) in [6.45, 7) is 0.404. The van der Waals surface area contributed by atoms with E-state index in [0.717, 1.165) is 15.8 Å². The summed E-state index contributed by atoms with van der Waals surface area (Å²) < 4.78 is 5.43. The summed E-state index contributed by atoms with van der Waals surface area (Å²) in [5.41, 5.74) is 2.75. The molecule has 0 unspecified atom stereocenters. The first kappa shape index (κ1) is 21.3. The third-order valence-corrected chi connectivity index (χ3v) is 5.90. The number of furan rings is 1. The van der Waals surface area contributed by atoms with Gasteiger partial charge in [0.1, 0.15) is 11.8 Å². The van der Waals surface area contributed by atoms with Gasteiger partial charge < -0.3 is 9.32 Å². The van der Waals surface area contributed by atoms with Crippen LogP contribution in [0.3, 0.4) is 0 Å². The van der Waals surface area contributed by atoms with E-state index in [1.807, 2.05) is 42.5 Å². The molecule has 0 spiro atoms. The van der Waals surface area contributed by atoms with Gasteiger partial charge in [0.15, 0.2) is 5.13 Å². The number of carbonyl (C=O) groups is 2. The normalized spacial score (nSPS) is 10.6. The number of para-hydroxylation sites is 1. The van der Waals surface area contributed by atoms with Gasteiger partial charge in [-0.1, -0.05) is 30.3 Å². The van der Waals surface area contributed by atoms with Gasteiger partial charge in [0.05, 0.1) is 18.1 Å². The first-order chi connectivity index (χ1) is 15.5. The van der Waals surface area contributed by atoms with Gasteiger partial charge in [-0.2, -0.15) is 5.26 Å². The minimum absolute atomic E-state index is 0.110. The quantitative estimate of drug-likeness (QED) is 0.445. The lowest BCUT2D eigenvalue weighted by Gasteiger charge is -2.15. The predicted octanol–water partition coefficient (Wildman–Crippen LogP) is 4.72. The molecule has 32 heavy (non-hydrogen) atoms. The summed E-state index contributed by atoms with van der Waals surface area (Å²) in [6.07, 6.45) is 4.14. The Balaban J connectivity index is 1.38. The minimum atomic E-state index is -0.265. The molecule has 160 valence electrons. The molecule has 4 rings (SSSR count). The monoisotopic (exact) mass is 444 g/mol. The Morgan fingerprint density at radius 1 is 1.19 bits per heavy atom. The molecule has 8 heteroatoms. The van der Waals surface area contributed by atoms with Gasteiger partial charge in [0.25, 0.3) is 11.8 Å². The van der Waals surface area contributed by atoms with Gasteiger partial charge in [-0.3, -0.25) is 14.9 Å². The number of carbonyl (C=O) groups excluding carboxylic acids is 2. The van der Waals surface area contributed by atoms with Crippen molar-refractivity contribution in [3.05, 3.63) is 82.6 Å². The Labute approximate surface area is 188 Å². The van der Waals surface area contributed by atoms with Crippen LogP contribution in [0.1, 0.15) is 37.6 Å². The van der Waals surface area contributed by atoms with E-state index in [0.29, 0.717) is 41.2 Å². The second-order valence-corrected chi connectivity index (χ2v) is 8.36. The number of benzene rings is 2. The summed E-state index contributed by atoms with van der Waals surface area (Å²) >= 11 is 1.40. The average molecular weight is 445 g/mol. The van der Waals surface area contributed by atoms with Gasteiger partial charge in [-0.15, -0.1) is 11.3 Å². The molecule has 4 aromatic rings. The van der Waals surface area contributed by atoms with E-state index in [-0.39, 0.29) is 11.8 Å². The number of rotatable bonds is 7. The van der Waals surface area contributed by atoms with Crippen LogP contribution in [0.4, 0.5) is 5.13 Å². The summed E-state index contributed by atoms with van der Waals surface area (Å²) in [5, 5.41) is 12.8. The number of nitrogens with one attached hydrogen (secondary N) is 1. The maximum Gasteiger partial charge on any atom is 0.261 e. The molecule has 0 aliphatic carbocycles. The highest BCUT2D eigenvalue weighted by Crippen LogP contribution is 2.25. The maximum absolute atomic E-state index is 12.6. The lowest BCUT2D eigenvalue weighted by molar-refractivity contribution is 0.0797.